The van der Waals surface area contributed by atoms with Crippen molar-refractivity contribution in [3.63, 3.8) is 0 Å². The fourth-order valence-corrected chi connectivity index (χ4v) is 2.82. The highest BCUT2D eigenvalue weighted by Gasteiger charge is 2.12. The highest BCUT2D eigenvalue weighted by molar-refractivity contribution is 7.99. The van der Waals surface area contributed by atoms with E-state index in [-0.39, 0.29) is 29.7 Å². The summed E-state index contributed by atoms with van der Waals surface area (Å²) in [6.45, 7) is 0.215. The third-order valence-corrected chi connectivity index (χ3v) is 4.47. The number of aromatic nitrogens is 2. The van der Waals surface area contributed by atoms with Crippen molar-refractivity contribution in [1.29, 1.82) is 0 Å². The molecule has 0 atom stereocenters. The Morgan fingerprint density at radius 1 is 0.964 bits per heavy atom. The summed E-state index contributed by atoms with van der Waals surface area (Å²) >= 11 is 1.17. The number of carbonyl (C=O) groups excluding carboxylic acids is 2. The molecule has 0 fully saturated rings. The van der Waals surface area contributed by atoms with Gasteiger partial charge in [-0.2, -0.15) is 0 Å². The molecule has 6 nitrogen and oxygen atoms in total. The van der Waals surface area contributed by atoms with E-state index in [1.54, 1.807) is 12.1 Å². The smallest absolute Gasteiger partial charge is 0.316 e. The summed E-state index contributed by atoms with van der Waals surface area (Å²) in [5.74, 6) is -1.33. The van der Waals surface area contributed by atoms with Crippen molar-refractivity contribution < 1.29 is 18.7 Å². The molecular formula is C20H16FN3O3S. The van der Waals surface area contributed by atoms with Crippen LogP contribution in [0.15, 0.2) is 71.8 Å². The number of hydrogen-bond donors (Lipinski definition) is 1. The van der Waals surface area contributed by atoms with Gasteiger partial charge >= 0.3 is 5.97 Å². The molecule has 0 saturated heterocycles. The van der Waals surface area contributed by atoms with Crippen molar-refractivity contribution in [2.45, 2.75) is 11.6 Å². The number of anilines is 1. The Morgan fingerprint density at radius 2 is 1.71 bits per heavy atom. The highest BCUT2D eigenvalue weighted by Crippen LogP contribution is 2.17. The minimum Gasteiger partial charge on any atom is -0.460 e. The standard InChI is InChI=1S/C20H16FN3O3S/c21-16-9-5-4-8-15(16)20(26)22-17-10-11-18(24-23-17)28-13-19(25)27-12-14-6-2-1-3-7-14/h1-11H,12-13H2,(H,22,23,26). The van der Waals surface area contributed by atoms with E-state index in [0.29, 0.717) is 5.03 Å². The Hall–Kier alpha value is -3.26. The Labute approximate surface area is 165 Å². The molecule has 0 bridgehead atoms. The van der Waals surface area contributed by atoms with Gasteiger partial charge in [-0.25, -0.2) is 4.39 Å². The first-order chi connectivity index (χ1) is 13.6. The second-order valence-corrected chi connectivity index (χ2v) is 6.62. The normalized spacial score (nSPS) is 10.3. The molecule has 0 unspecified atom stereocenters. The molecule has 0 saturated carbocycles. The number of ether oxygens (including phenoxy) is 1. The zero-order chi connectivity index (χ0) is 19.8. The molecule has 3 aromatic rings. The number of halogens is 1. The van der Waals surface area contributed by atoms with Crippen LogP contribution < -0.4 is 5.32 Å². The molecule has 8 heteroatoms. The lowest BCUT2D eigenvalue weighted by molar-refractivity contribution is -0.141. The SMILES string of the molecule is O=C(CSc1ccc(NC(=O)c2ccccc2F)nn1)OCc1ccccc1. The summed E-state index contributed by atoms with van der Waals surface area (Å²) in [7, 11) is 0. The summed E-state index contributed by atoms with van der Waals surface area (Å²) in [6, 6.07) is 18.2. The predicted octanol–water partition coefficient (Wildman–Crippen LogP) is 3.70. The van der Waals surface area contributed by atoms with Crippen molar-refractivity contribution in [3.8, 4) is 0 Å². The molecular weight excluding hydrogens is 381 g/mol. The number of thioether (sulfide) groups is 1. The predicted molar refractivity (Wildman–Crippen MR) is 103 cm³/mol. The van der Waals surface area contributed by atoms with Crippen LogP contribution in [-0.2, 0) is 16.1 Å². The molecule has 0 aliphatic carbocycles. The molecule has 1 aromatic heterocycles. The summed E-state index contributed by atoms with van der Waals surface area (Å²) in [4.78, 5) is 23.8. The van der Waals surface area contributed by atoms with Crippen molar-refractivity contribution in [1.82, 2.24) is 10.2 Å². The van der Waals surface area contributed by atoms with Gasteiger partial charge in [0.25, 0.3) is 5.91 Å². The maximum absolute atomic E-state index is 13.6. The number of carbonyl (C=O) groups is 2. The number of nitrogens with zero attached hydrogens (tertiary/aromatic N) is 2. The molecule has 0 radical (unpaired) electrons. The van der Waals surface area contributed by atoms with Crippen molar-refractivity contribution >= 4 is 29.5 Å². The van der Waals surface area contributed by atoms with Gasteiger partial charge in [0.1, 0.15) is 17.5 Å². The lowest BCUT2D eigenvalue weighted by Gasteiger charge is -2.06. The van der Waals surface area contributed by atoms with Crippen molar-refractivity contribution in [2.24, 2.45) is 0 Å². The second kappa shape index (κ2) is 9.61. The van der Waals surface area contributed by atoms with E-state index in [2.05, 4.69) is 15.5 Å². The van der Waals surface area contributed by atoms with E-state index < -0.39 is 11.7 Å². The quantitative estimate of drug-likeness (QED) is 0.484. The number of hydrogen-bond acceptors (Lipinski definition) is 6. The van der Waals surface area contributed by atoms with Crippen LogP contribution >= 0.6 is 11.8 Å². The molecule has 1 N–H and O–H groups in total. The van der Waals surface area contributed by atoms with Crippen LogP contribution in [0.5, 0.6) is 0 Å². The van der Waals surface area contributed by atoms with Crippen LogP contribution in [0.4, 0.5) is 10.2 Å². The Balaban J connectivity index is 1.47. The maximum atomic E-state index is 13.6. The van der Waals surface area contributed by atoms with Gasteiger partial charge in [-0.3, -0.25) is 9.59 Å². The number of amides is 1. The highest BCUT2D eigenvalue weighted by atomic mass is 32.2. The summed E-state index contributed by atoms with van der Waals surface area (Å²) < 4.78 is 18.8. The fraction of sp³-hybridized carbons (Fsp3) is 0.100. The van der Waals surface area contributed by atoms with Crippen molar-refractivity contribution in [2.75, 3.05) is 11.1 Å². The molecule has 0 aliphatic rings. The van der Waals surface area contributed by atoms with Gasteiger partial charge in [-0.05, 0) is 29.8 Å². The molecule has 0 aliphatic heterocycles. The number of esters is 1. The molecule has 1 heterocycles. The van der Waals surface area contributed by atoms with Crippen LogP contribution in [-0.4, -0.2) is 27.8 Å². The topological polar surface area (TPSA) is 81.2 Å². The Bertz CT molecular complexity index is 952. The monoisotopic (exact) mass is 397 g/mol. The molecule has 0 spiro atoms. The van der Waals surface area contributed by atoms with E-state index in [1.807, 2.05) is 30.3 Å². The zero-order valence-electron chi connectivity index (χ0n) is 14.7. The summed E-state index contributed by atoms with van der Waals surface area (Å²) in [5, 5.41) is 10.8. The van der Waals surface area contributed by atoms with Crippen LogP contribution in [0.25, 0.3) is 0 Å². The van der Waals surface area contributed by atoms with Gasteiger partial charge in [0.05, 0.1) is 11.3 Å². The Kier molecular flexibility index (Phi) is 6.69. The van der Waals surface area contributed by atoms with E-state index in [4.69, 9.17) is 4.74 Å². The van der Waals surface area contributed by atoms with Gasteiger partial charge in [0.15, 0.2) is 5.82 Å². The number of nitrogens with one attached hydrogen (secondary N) is 1. The van der Waals surface area contributed by atoms with Crippen molar-refractivity contribution in [3.05, 3.63) is 83.7 Å². The molecule has 1 amide bonds. The van der Waals surface area contributed by atoms with Crippen LogP contribution in [0.2, 0.25) is 0 Å². The van der Waals surface area contributed by atoms with Crippen LogP contribution in [0.1, 0.15) is 15.9 Å². The lowest BCUT2D eigenvalue weighted by Crippen LogP contribution is -2.15. The summed E-state index contributed by atoms with van der Waals surface area (Å²) in [6.07, 6.45) is 0. The minimum absolute atomic E-state index is 0.0797. The summed E-state index contributed by atoms with van der Waals surface area (Å²) in [5.41, 5.74) is 0.833. The van der Waals surface area contributed by atoms with Crippen LogP contribution in [0, 0.1) is 5.82 Å². The van der Waals surface area contributed by atoms with E-state index >= 15 is 0 Å². The lowest BCUT2D eigenvalue weighted by atomic mass is 10.2. The van der Waals surface area contributed by atoms with Gasteiger partial charge in [-0.15, -0.1) is 10.2 Å². The maximum Gasteiger partial charge on any atom is 0.316 e. The second-order valence-electron chi connectivity index (χ2n) is 5.63. The van der Waals surface area contributed by atoms with E-state index in [0.717, 1.165) is 5.56 Å². The Morgan fingerprint density at radius 3 is 2.43 bits per heavy atom. The third kappa shape index (κ3) is 5.62. The fourth-order valence-electron chi connectivity index (χ4n) is 2.21. The molecule has 142 valence electrons. The largest absolute Gasteiger partial charge is 0.460 e. The van der Waals surface area contributed by atoms with Gasteiger partial charge < -0.3 is 10.1 Å². The molecule has 3 rings (SSSR count). The minimum atomic E-state index is -0.617. The first-order valence-corrected chi connectivity index (χ1v) is 9.32. The van der Waals surface area contributed by atoms with E-state index in [1.165, 1.54) is 36.0 Å². The van der Waals surface area contributed by atoms with Gasteiger partial charge in [-0.1, -0.05) is 54.2 Å². The number of benzene rings is 2. The van der Waals surface area contributed by atoms with Crippen LogP contribution in [0.3, 0.4) is 0 Å². The zero-order valence-corrected chi connectivity index (χ0v) is 15.5. The third-order valence-electron chi connectivity index (χ3n) is 3.58. The van der Waals surface area contributed by atoms with Gasteiger partial charge in [0.2, 0.25) is 0 Å². The molecule has 2 aromatic carbocycles. The number of rotatable bonds is 7. The van der Waals surface area contributed by atoms with E-state index in [9.17, 15) is 14.0 Å². The first kappa shape index (κ1) is 19.5. The first-order valence-electron chi connectivity index (χ1n) is 8.34. The van der Waals surface area contributed by atoms with Gasteiger partial charge in [0, 0.05) is 0 Å². The average molecular weight is 397 g/mol. The average Bonchev–Trinajstić information content (AvgIpc) is 2.73. The molecule has 28 heavy (non-hydrogen) atoms.